The standard InChI is InChI=1S/C14H27N3O/c1-3-17(4-2)12-6-5-9-14(10-12,13(15)18)16-11-7-8-11/h11-12,16H,3-10H2,1-2H3,(H2,15,18). The molecule has 104 valence electrons. The Bertz CT molecular complexity index is 299. The number of nitrogens with zero attached hydrogens (tertiary/aromatic N) is 1. The number of hydrogen-bond acceptors (Lipinski definition) is 3. The molecule has 0 aliphatic heterocycles. The fraction of sp³-hybridized carbons (Fsp3) is 0.929. The summed E-state index contributed by atoms with van der Waals surface area (Å²) in [6.45, 7) is 6.50. The van der Waals surface area contributed by atoms with E-state index in [4.69, 9.17) is 5.73 Å². The van der Waals surface area contributed by atoms with Gasteiger partial charge in [-0.25, -0.2) is 0 Å². The topological polar surface area (TPSA) is 58.4 Å². The normalized spacial score (nSPS) is 32.7. The summed E-state index contributed by atoms with van der Waals surface area (Å²) in [6.07, 6.45) is 6.50. The van der Waals surface area contributed by atoms with E-state index in [9.17, 15) is 4.79 Å². The van der Waals surface area contributed by atoms with Crippen molar-refractivity contribution in [3.05, 3.63) is 0 Å². The van der Waals surface area contributed by atoms with Crippen LogP contribution in [0.5, 0.6) is 0 Å². The highest BCUT2D eigenvalue weighted by Gasteiger charge is 2.45. The minimum Gasteiger partial charge on any atom is -0.368 e. The smallest absolute Gasteiger partial charge is 0.237 e. The second kappa shape index (κ2) is 5.57. The van der Waals surface area contributed by atoms with Gasteiger partial charge < -0.3 is 16.0 Å². The molecule has 4 heteroatoms. The van der Waals surface area contributed by atoms with Crippen LogP contribution in [0.4, 0.5) is 0 Å². The molecule has 2 atom stereocenters. The Morgan fingerprint density at radius 3 is 2.50 bits per heavy atom. The molecule has 0 saturated heterocycles. The zero-order chi connectivity index (χ0) is 13.2. The van der Waals surface area contributed by atoms with E-state index in [1.165, 1.54) is 19.3 Å². The Balaban J connectivity index is 2.07. The number of nitrogens with two attached hydrogens (primary N) is 1. The fourth-order valence-corrected chi connectivity index (χ4v) is 3.34. The molecule has 2 unspecified atom stereocenters. The molecule has 0 heterocycles. The van der Waals surface area contributed by atoms with Gasteiger partial charge in [-0.05, 0) is 51.6 Å². The molecule has 0 aromatic rings. The Kier molecular flexibility index (Phi) is 4.28. The summed E-state index contributed by atoms with van der Waals surface area (Å²) in [7, 11) is 0. The molecule has 0 spiro atoms. The number of hydrogen-bond donors (Lipinski definition) is 2. The van der Waals surface area contributed by atoms with Crippen LogP contribution in [0, 0.1) is 0 Å². The lowest BCUT2D eigenvalue weighted by atomic mass is 9.77. The number of amides is 1. The van der Waals surface area contributed by atoms with Crippen LogP contribution in [0.15, 0.2) is 0 Å². The van der Waals surface area contributed by atoms with Gasteiger partial charge in [0.1, 0.15) is 0 Å². The van der Waals surface area contributed by atoms with Gasteiger partial charge in [0.05, 0.1) is 5.54 Å². The van der Waals surface area contributed by atoms with Crippen molar-refractivity contribution in [3.63, 3.8) is 0 Å². The minimum absolute atomic E-state index is 0.147. The van der Waals surface area contributed by atoms with Crippen molar-refractivity contribution in [1.82, 2.24) is 10.2 Å². The number of carbonyl (C=O) groups excluding carboxylic acids is 1. The Labute approximate surface area is 110 Å². The van der Waals surface area contributed by atoms with E-state index in [2.05, 4.69) is 24.1 Å². The maximum atomic E-state index is 11.9. The largest absolute Gasteiger partial charge is 0.368 e. The van der Waals surface area contributed by atoms with E-state index in [0.717, 1.165) is 32.4 Å². The maximum absolute atomic E-state index is 11.9. The van der Waals surface area contributed by atoms with E-state index < -0.39 is 5.54 Å². The van der Waals surface area contributed by atoms with Gasteiger partial charge in [-0.3, -0.25) is 4.79 Å². The zero-order valence-corrected chi connectivity index (χ0v) is 11.7. The molecule has 3 N–H and O–H groups in total. The molecule has 2 fully saturated rings. The summed E-state index contributed by atoms with van der Waals surface area (Å²) >= 11 is 0. The minimum atomic E-state index is -0.438. The van der Waals surface area contributed by atoms with Crippen LogP contribution in [-0.2, 0) is 4.79 Å². The lowest BCUT2D eigenvalue weighted by Crippen LogP contribution is -2.61. The van der Waals surface area contributed by atoms with Gasteiger partial charge >= 0.3 is 0 Å². The van der Waals surface area contributed by atoms with Gasteiger partial charge in [0, 0.05) is 12.1 Å². The molecule has 0 radical (unpaired) electrons. The van der Waals surface area contributed by atoms with Crippen LogP contribution in [-0.4, -0.2) is 41.5 Å². The van der Waals surface area contributed by atoms with E-state index in [0.29, 0.717) is 12.1 Å². The quantitative estimate of drug-likeness (QED) is 0.749. The van der Waals surface area contributed by atoms with Crippen LogP contribution in [0.1, 0.15) is 52.4 Å². The van der Waals surface area contributed by atoms with Gasteiger partial charge in [0.15, 0.2) is 0 Å². The number of nitrogens with one attached hydrogen (secondary N) is 1. The second-order valence-corrected chi connectivity index (χ2v) is 5.84. The monoisotopic (exact) mass is 253 g/mol. The molecular formula is C14H27N3O. The van der Waals surface area contributed by atoms with Crippen LogP contribution < -0.4 is 11.1 Å². The van der Waals surface area contributed by atoms with E-state index >= 15 is 0 Å². The molecule has 0 bridgehead atoms. The van der Waals surface area contributed by atoms with Gasteiger partial charge in [0.25, 0.3) is 0 Å². The van der Waals surface area contributed by atoms with E-state index in [1.54, 1.807) is 0 Å². The SMILES string of the molecule is CCN(CC)C1CCCC(NC2CC2)(C(N)=O)C1. The van der Waals surface area contributed by atoms with Gasteiger partial charge in [-0.15, -0.1) is 0 Å². The van der Waals surface area contributed by atoms with Crippen LogP contribution in [0.25, 0.3) is 0 Å². The first kappa shape index (κ1) is 13.8. The first-order valence-corrected chi connectivity index (χ1v) is 7.43. The molecular weight excluding hydrogens is 226 g/mol. The Hall–Kier alpha value is -0.610. The molecule has 2 saturated carbocycles. The molecule has 0 aromatic heterocycles. The van der Waals surface area contributed by atoms with Gasteiger partial charge in [-0.2, -0.15) is 0 Å². The van der Waals surface area contributed by atoms with E-state index in [1.807, 2.05) is 0 Å². The number of primary amides is 1. The van der Waals surface area contributed by atoms with Crippen LogP contribution in [0.3, 0.4) is 0 Å². The lowest BCUT2D eigenvalue weighted by Gasteiger charge is -2.43. The van der Waals surface area contributed by atoms with Crippen molar-refractivity contribution < 1.29 is 4.79 Å². The molecule has 0 aromatic carbocycles. The number of carbonyl (C=O) groups is 1. The van der Waals surface area contributed by atoms with Crippen molar-refractivity contribution in [2.75, 3.05) is 13.1 Å². The van der Waals surface area contributed by atoms with Crippen molar-refractivity contribution in [2.45, 2.75) is 70.0 Å². The predicted octanol–water partition coefficient (Wildman–Crippen LogP) is 1.25. The molecule has 4 nitrogen and oxygen atoms in total. The summed E-state index contributed by atoms with van der Waals surface area (Å²) in [4.78, 5) is 14.4. The second-order valence-electron chi connectivity index (χ2n) is 5.84. The Morgan fingerprint density at radius 2 is 2.00 bits per heavy atom. The first-order valence-electron chi connectivity index (χ1n) is 7.43. The first-order chi connectivity index (χ1) is 8.61. The Morgan fingerprint density at radius 1 is 1.33 bits per heavy atom. The van der Waals surface area contributed by atoms with Crippen molar-refractivity contribution >= 4 is 5.91 Å². The summed E-state index contributed by atoms with van der Waals surface area (Å²) in [5.41, 5.74) is 5.27. The molecule has 1 amide bonds. The molecule has 18 heavy (non-hydrogen) atoms. The zero-order valence-electron chi connectivity index (χ0n) is 11.7. The predicted molar refractivity (Wildman–Crippen MR) is 73.3 cm³/mol. The highest BCUT2D eigenvalue weighted by Crippen LogP contribution is 2.34. The van der Waals surface area contributed by atoms with Gasteiger partial charge in [0.2, 0.25) is 5.91 Å². The average Bonchev–Trinajstić information content (AvgIpc) is 3.15. The lowest BCUT2D eigenvalue weighted by molar-refractivity contribution is -0.126. The number of rotatable bonds is 6. The van der Waals surface area contributed by atoms with Crippen LogP contribution >= 0.6 is 0 Å². The maximum Gasteiger partial charge on any atom is 0.237 e. The highest BCUT2D eigenvalue weighted by molar-refractivity contribution is 5.85. The van der Waals surface area contributed by atoms with E-state index in [-0.39, 0.29) is 5.91 Å². The van der Waals surface area contributed by atoms with Crippen molar-refractivity contribution in [3.8, 4) is 0 Å². The summed E-state index contributed by atoms with van der Waals surface area (Å²) in [6, 6.07) is 1.04. The molecule has 2 aliphatic carbocycles. The summed E-state index contributed by atoms with van der Waals surface area (Å²) in [5, 5.41) is 3.54. The van der Waals surface area contributed by atoms with Crippen LogP contribution in [0.2, 0.25) is 0 Å². The van der Waals surface area contributed by atoms with Crippen molar-refractivity contribution in [1.29, 1.82) is 0 Å². The third-order valence-electron chi connectivity index (χ3n) is 4.58. The summed E-state index contributed by atoms with van der Waals surface area (Å²) < 4.78 is 0. The fourth-order valence-electron chi connectivity index (χ4n) is 3.34. The van der Waals surface area contributed by atoms with Gasteiger partial charge in [-0.1, -0.05) is 13.8 Å². The summed E-state index contributed by atoms with van der Waals surface area (Å²) in [5.74, 6) is -0.147. The third-order valence-corrected chi connectivity index (χ3v) is 4.58. The highest BCUT2D eigenvalue weighted by atomic mass is 16.1. The third kappa shape index (κ3) is 2.86. The average molecular weight is 253 g/mol. The van der Waals surface area contributed by atoms with Crippen molar-refractivity contribution in [2.24, 2.45) is 5.73 Å². The molecule has 2 aliphatic rings. The molecule has 2 rings (SSSR count).